The van der Waals surface area contributed by atoms with Gasteiger partial charge in [0.2, 0.25) is 0 Å². The molecule has 0 unspecified atom stereocenters. The predicted molar refractivity (Wildman–Crippen MR) is 94.6 cm³/mol. The molecule has 0 fully saturated rings. The number of rotatable bonds is 3. The first kappa shape index (κ1) is 14.5. The van der Waals surface area contributed by atoms with Gasteiger partial charge < -0.3 is 9.88 Å². The van der Waals surface area contributed by atoms with E-state index in [1.54, 1.807) is 0 Å². The average molecular weight is 305 g/mol. The number of hydrogen-bond acceptors (Lipinski definition) is 2. The Labute approximate surface area is 137 Å². The number of nitrogens with one attached hydrogen (secondary N) is 1. The third-order valence-corrected chi connectivity index (χ3v) is 4.83. The van der Waals surface area contributed by atoms with Crippen LogP contribution in [0.15, 0.2) is 42.6 Å². The van der Waals surface area contributed by atoms with Gasteiger partial charge in [-0.05, 0) is 56.1 Å². The molecule has 0 bridgehead atoms. The highest BCUT2D eigenvalue weighted by atomic mass is 15.0. The van der Waals surface area contributed by atoms with Gasteiger partial charge in [-0.1, -0.05) is 17.7 Å². The van der Waals surface area contributed by atoms with Crippen molar-refractivity contribution in [2.45, 2.75) is 39.3 Å². The summed E-state index contributed by atoms with van der Waals surface area (Å²) in [6.45, 7) is 5.29. The number of nitrogens with zero attached hydrogens (tertiary/aromatic N) is 2. The maximum atomic E-state index is 4.48. The molecule has 0 radical (unpaired) electrons. The lowest BCUT2D eigenvalue weighted by Gasteiger charge is -2.11. The van der Waals surface area contributed by atoms with Crippen LogP contribution >= 0.6 is 0 Å². The van der Waals surface area contributed by atoms with Crippen molar-refractivity contribution < 1.29 is 0 Å². The molecule has 0 atom stereocenters. The van der Waals surface area contributed by atoms with E-state index in [4.69, 9.17) is 0 Å². The average Bonchev–Trinajstić information content (AvgIpc) is 2.73. The van der Waals surface area contributed by atoms with E-state index in [2.05, 4.69) is 52.1 Å². The van der Waals surface area contributed by atoms with Crippen molar-refractivity contribution in [1.82, 2.24) is 14.9 Å². The number of pyridine rings is 1. The smallest absolute Gasteiger partial charge is 0.0486 e. The summed E-state index contributed by atoms with van der Waals surface area (Å²) in [4.78, 5) is 4.48. The minimum Gasteiger partial charge on any atom is -0.344 e. The fourth-order valence-electron chi connectivity index (χ4n) is 3.70. The fourth-order valence-corrected chi connectivity index (χ4v) is 3.70. The Bertz CT molecular complexity index is 818. The van der Waals surface area contributed by atoms with Crippen LogP contribution in [-0.4, -0.2) is 16.1 Å². The highest BCUT2D eigenvalue weighted by molar-refractivity contribution is 5.86. The lowest BCUT2D eigenvalue weighted by molar-refractivity contribution is 0.651. The van der Waals surface area contributed by atoms with Crippen LogP contribution < -0.4 is 5.32 Å². The van der Waals surface area contributed by atoms with E-state index in [0.717, 1.165) is 32.5 Å². The number of hydrogen-bond donors (Lipinski definition) is 1. The van der Waals surface area contributed by atoms with Crippen molar-refractivity contribution in [2.75, 3.05) is 6.54 Å². The van der Waals surface area contributed by atoms with Gasteiger partial charge in [0.15, 0.2) is 0 Å². The predicted octanol–water partition coefficient (Wildman–Crippen LogP) is 3.62. The van der Waals surface area contributed by atoms with Gasteiger partial charge in [0, 0.05) is 48.0 Å². The van der Waals surface area contributed by atoms with Gasteiger partial charge in [-0.15, -0.1) is 0 Å². The van der Waals surface area contributed by atoms with E-state index in [-0.39, 0.29) is 0 Å². The van der Waals surface area contributed by atoms with Gasteiger partial charge >= 0.3 is 0 Å². The zero-order valence-electron chi connectivity index (χ0n) is 13.7. The Morgan fingerprint density at radius 1 is 1.22 bits per heavy atom. The second-order valence-electron chi connectivity index (χ2n) is 6.45. The molecule has 3 heteroatoms. The minimum absolute atomic E-state index is 0.984. The summed E-state index contributed by atoms with van der Waals surface area (Å²) in [5, 5.41) is 5.00. The summed E-state index contributed by atoms with van der Waals surface area (Å²) in [6, 6.07) is 13.0. The van der Waals surface area contributed by atoms with Crippen molar-refractivity contribution in [3.05, 3.63) is 65.1 Å². The summed E-state index contributed by atoms with van der Waals surface area (Å²) >= 11 is 0. The molecule has 3 aromatic rings. The van der Waals surface area contributed by atoms with E-state index >= 15 is 0 Å². The molecule has 118 valence electrons. The monoisotopic (exact) mass is 305 g/mol. The normalized spacial score (nSPS) is 14.7. The van der Waals surface area contributed by atoms with Crippen LogP contribution in [-0.2, 0) is 25.9 Å². The summed E-state index contributed by atoms with van der Waals surface area (Å²) in [6.07, 6.45) is 5.25. The van der Waals surface area contributed by atoms with E-state index in [9.17, 15) is 0 Å². The maximum Gasteiger partial charge on any atom is 0.0486 e. The number of benzene rings is 1. The summed E-state index contributed by atoms with van der Waals surface area (Å²) in [5.41, 5.74) is 6.90. The molecule has 1 N–H and O–H groups in total. The number of fused-ring (bicyclic) bond motifs is 3. The molecular formula is C20H23N3. The van der Waals surface area contributed by atoms with Crippen molar-refractivity contribution in [2.24, 2.45) is 0 Å². The van der Waals surface area contributed by atoms with Crippen LogP contribution in [0.5, 0.6) is 0 Å². The molecular weight excluding hydrogens is 282 g/mol. The zero-order chi connectivity index (χ0) is 15.6. The third-order valence-electron chi connectivity index (χ3n) is 4.83. The third kappa shape index (κ3) is 2.77. The Balaban J connectivity index is 1.76. The van der Waals surface area contributed by atoms with E-state index in [1.165, 1.54) is 39.8 Å². The summed E-state index contributed by atoms with van der Waals surface area (Å²) < 4.78 is 2.53. The van der Waals surface area contributed by atoms with E-state index in [1.807, 2.05) is 12.3 Å². The Kier molecular flexibility index (Phi) is 3.88. The van der Waals surface area contributed by atoms with Gasteiger partial charge in [0.25, 0.3) is 0 Å². The first-order valence-corrected chi connectivity index (χ1v) is 8.54. The van der Waals surface area contributed by atoms with Crippen LogP contribution in [0.25, 0.3) is 10.9 Å². The summed E-state index contributed by atoms with van der Waals surface area (Å²) in [7, 11) is 0. The van der Waals surface area contributed by atoms with Crippen LogP contribution in [0.2, 0.25) is 0 Å². The topological polar surface area (TPSA) is 29.9 Å². The van der Waals surface area contributed by atoms with Gasteiger partial charge in [0.05, 0.1) is 0 Å². The molecule has 1 aliphatic heterocycles. The van der Waals surface area contributed by atoms with Crippen molar-refractivity contribution in [3.8, 4) is 0 Å². The molecule has 0 saturated heterocycles. The Morgan fingerprint density at radius 2 is 2.17 bits per heavy atom. The maximum absolute atomic E-state index is 4.48. The van der Waals surface area contributed by atoms with Gasteiger partial charge in [-0.25, -0.2) is 0 Å². The molecule has 1 aliphatic rings. The van der Waals surface area contributed by atoms with Crippen molar-refractivity contribution >= 4 is 10.9 Å². The highest BCUT2D eigenvalue weighted by Gasteiger charge is 2.18. The largest absolute Gasteiger partial charge is 0.344 e. The lowest BCUT2D eigenvalue weighted by atomic mass is 10.1. The second kappa shape index (κ2) is 6.17. The van der Waals surface area contributed by atoms with Crippen LogP contribution in [0.4, 0.5) is 0 Å². The Morgan fingerprint density at radius 3 is 3.04 bits per heavy atom. The van der Waals surface area contributed by atoms with E-state index in [0.29, 0.717) is 0 Å². The molecule has 0 spiro atoms. The van der Waals surface area contributed by atoms with Crippen LogP contribution in [0.1, 0.15) is 28.9 Å². The molecule has 2 aromatic heterocycles. The highest BCUT2D eigenvalue weighted by Crippen LogP contribution is 2.29. The molecule has 0 saturated carbocycles. The fraction of sp³-hybridized carbons (Fsp3) is 0.350. The molecule has 4 rings (SSSR count). The Hall–Kier alpha value is -2.13. The molecule has 23 heavy (non-hydrogen) atoms. The first-order valence-electron chi connectivity index (χ1n) is 8.54. The molecule has 0 amide bonds. The van der Waals surface area contributed by atoms with Crippen molar-refractivity contribution in [1.29, 1.82) is 0 Å². The molecule has 3 heterocycles. The van der Waals surface area contributed by atoms with Gasteiger partial charge in [-0.2, -0.15) is 0 Å². The van der Waals surface area contributed by atoms with E-state index < -0.39 is 0 Å². The molecule has 3 nitrogen and oxygen atoms in total. The number of aryl methyl sites for hydroxylation is 3. The SMILES string of the molecule is Cc1ccc2c(c1)c1c(n2CCc2ccccn2)CCCNC1. The van der Waals surface area contributed by atoms with Gasteiger partial charge in [0.1, 0.15) is 0 Å². The minimum atomic E-state index is 0.984. The molecule has 1 aromatic carbocycles. The lowest BCUT2D eigenvalue weighted by Crippen LogP contribution is -2.11. The molecule has 0 aliphatic carbocycles. The van der Waals surface area contributed by atoms with Crippen molar-refractivity contribution in [3.63, 3.8) is 0 Å². The summed E-state index contributed by atoms with van der Waals surface area (Å²) in [5.74, 6) is 0. The quantitative estimate of drug-likeness (QED) is 0.801. The second-order valence-corrected chi connectivity index (χ2v) is 6.45. The number of aromatic nitrogens is 2. The van der Waals surface area contributed by atoms with Crippen LogP contribution in [0.3, 0.4) is 0 Å². The van der Waals surface area contributed by atoms with Crippen LogP contribution in [0, 0.1) is 6.92 Å². The standard InChI is InChI=1S/C20H23N3/c1-15-7-8-20-17(13-15)18-14-21-10-4-6-19(18)23(20)12-9-16-5-2-3-11-22-16/h2-3,5,7-8,11,13,21H,4,6,9-10,12,14H2,1H3. The zero-order valence-corrected chi connectivity index (χ0v) is 13.7. The first-order chi connectivity index (χ1) is 11.3. The van der Waals surface area contributed by atoms with Gasteiger partial charge in [-0.3, -0.25) is 4.98 Å².